The lowest BCUT2D eigenvalue weighted by Gasteiger charge is -2.28. The zero-order chi connectivity index (χ0) is 16.6. The third-order valence-electron chi connectivity index (χ3n) is 3.72. The molecule has 0 spiro atoms. The Kier molecular flexibility index (Phi) is 4.17. The first kappa shape index (κ1) is 15.7. The minimum absolute atomic E-state index is 0.123. The highest BCUT2D eigenvalue weighted by Crippen LogP contribution is 2.20. The average Bonchev–Trinajstić information content (AvgIpc) is 2.87. The lowest BCUT2D eigenvalue weighted by Crippen LogP contribution is -2.31. The normalized spacial score (nSPS) is 11.3. The molecule has 0 N–H and O–H groups in total. The van der Waals surface area contributed by atoms with Gasteiger partial charge in [0.15, 0.2) is 0 Å². The van der Waals surface area contributed by atoms with Crippen molar-refractivity contribution in [1.29, 1.82) is 0 Å². The molecule has 1 aromatic carbocycles. The Morgan fingerprint density at radius 2 is 1.91 bits per heavy atom. The second-order valence-electron chi connectivity index (χ2n) is 5.96. The summed E-state index contributed by atoms with van der Waals surface area (Å²) in [6.45, 7) is 8.84. The molecule has 0 atom stereocenters. The van der Waals surface area contributed by atoms with Crippen molar-refractivity contribution in [3.63, 3.8) is 0 Å². The molecular formula is C17H20N4OS. The Balaban J connectivity index is 1.97. The second-order valence-corrected chi connectivity index (χ2v) is 7.12. The fourth-order valence-electron chi connectivity index (χ4n) is 2.52. The molecule has 0 aliphatic carbocycles. The molecule has 0 unspecified atom stereocenters. The summed E-state index contributed by atoms with van der Waals surface area (Å²) in [6.07, 6.45) is 0. The predicted octanol–water partition coefficient (Wildman–Crippen LogP) is 3.18. The number of fused-ring (bicyclic) bond motifs is 1. The standard InChI is InChI=1S/C17H20N4OS/c1-11(2)20(15-7-5-12(3)6-8-15)10-14-9-16(22)21-17(18-14)23-13(4)19-21/h5-9,11H,10H2,1-4H3. The van der Waals surface area contributed by atoms with E-state index >= 15 is 0 Å². The molecule has 0 radical (unpaired) electrons. The number of benzene rings is 1. The third-order valence-corrected chi connectivity index (χ3v) is 4.54. The first-order chi connectivity index (χ1) is 10.9. The van der Waals surface area contributed by atoms with Gasteiger partial charge in [0.1, 0.15) is 5.01 Å². The van der Waals surface area contributed by atoms with Crippen LogP contribution >= 0.6 is 11.3 Å². The summed E-state index contributed by atoms with van der Waals surface area (Å²) in [5.41, 5.74) is 3.01. The lowest BCUT2D eigenvalue weighted by atomic mass is 10.2. The molecule has 0 fully saturated rings. The smallest absolute Gasteiger partial charge is 0.275 e. The van der Waals surface area contributed by atoms with Crippen molar-refractivity contribution in [3.05, 3.63) is 57.0 Å². The zero-order valence-electron chi connectivity index (χ0n) is 13.8. The van der Waals surface area contributed by atoms with Gasteiger partial charge in [0, 0.05) is 17.8 Å². The maximum Gasteiger partial charge on any atom is 0.275 e. The van der Waals surface area contributed by atoms with Gasteiger partial charge in [0.05, 0.1) is 12.2 Å². The van der Waals surface area contributed by atoms with E-state index in [1.807, 2.05) is 6.92 Å². The van der Waals surface area contributed by atoms with Crippen molar-refractivity contribution in [2.45, 2.75) is 40.3 Å². The van der Waals surface area contributed by atoms with E-state index in [0.29, 0.717) is 17.5 Å². The minimum atomic E-state index is -0.123. The van der Waals surface area contributed by atoms with Gasteiger partial charge in [0.25, 0.3) is 5.56 Å². The lowest BCUT2D eigenvalue weighted by molar-refractivity contribution is 0.671. The topological polar surface area (TPSA) is 50.5 Å². The maximum atomic E-state index is 12.2. The van der Waals surface area contributed by atoms with Gasteiger partial charge in [-0.25, -0.2) is 4.98 Å². The Labute approximate surface area is 139 Å². The van der Waals surface area contributed by atoms with Crippen LogP contribution in [0, 0.1) is 13.8 Å². The Hall–Kier alpha value is -2.21. The molecule has 3 rings (SSSR count). The monoisotopic (exact) mass is 328 g/mol. The van der Waals surface area contributed by atoms with Gasteiger partial charge in [-0.2, -0.15) is 9.61 Å². The van der Waals surface area contributed by atoms with Crippen LogP contribution in [0.3, 0.4) is 0 Å². The van der Waals surface area contributed by atoms with Crippen molar-refractivity contribution in [1.82, 2.24) is 14.6 Å². The summed E-state index contributed by atoms with van der Waals surface area (Å²) in [4.78, 5) is 19.7. The van der Waals surface area contributed by atoms with Gasteiger partial charge < -0.3 is 4.90 Å². The molecule has 120 valence electrons. The number of nitrogens with zero attached hydrogens (tertiary/aromatic N) is 4. The van der Waals surface area contributed by atoms with Gasteiger partial charge in [-0.1, -0.05) is 29.0 Å². The summed E-state index contributed by atoms with van der Waals surface area (Å²) < 4.78 is 1.37. The number of hydrogen-bond acceptors (Lipinski definition) is 5. The van der Waals surface area contributed by atoms with Crippen LogP contribution in [-0.2, 0) is 6.54 Å². The van der Waals surface area contributed by atoms with Gasteiger partial charge in [-0.05, 0) is 39.8 Å². The molecule has 5 nitrogen and oxygen atoms in total. The highest BCUT2D eigenvalue weighted by atomic mass is 32.1. The Morgan fingerprint density at radius 3 is 2.57 bits per heavy atom. The van der Waals surface area contributed by atoms with E-state index in [0.717, 1.165) is 16.4 Å². The first-order valence-electron chi connectivity index (χ1n) is 7.64. The fraction of sp³-hybridized carbons (Fsp3) is 0.353. The molecule has 3 aromatic rings. The van der Waals surface area contributed by atoms with Crippen LogP contribution in [0.4, 0.5) is 5.69 Å². The van der Waals surface area contributed by atoms with E-state index in [1.54, 1.807) is 6.07 Å². The quantitative estimate of drug-likeness (QED) is 0.738. The van der Waals surface area contributed by atoms with Crippen molar-refractivity contribution < 1.29 is 0 Å². The van der Waals surface area contributed by atoms with Crippen LogP contribution < -0.4 is 10.5 Å². The van der Waals surface area contributed by atoms with Crippen LogP contribution in [0.15, 0.2) is 35.1 Å². The number of rotatable bonds is 4. The van der Waals surface area contributed by atoms with E-state index < -0.39 is 0 Å². The highest BCUT2D eigenvalue weighted by Gasteiger charge is 2.14. The minimum Gasteiger partial charge on any atom is -0.363 e. The zero-order valence-corrected chi connectivity index (χ0v) is 14.6. The molecule has 23 heavy (non-hydrogen) atoms. The Morgan fingerprint density at radius 1 is 1.22 bits per heavy atom. The number of anilines is 1. The van der Waals surface area contributed by atoms with Crippen LogP contribution in [0.25, 0.3) is 4.96 Å². The highest BCUT2D eigenvalue weighted by molar-refractivity contribution is 7.16. The van der Waals surface area contributed by atoms with Crippen molar-refractivity contribution in [3.8, 4) is 0 Å². The second kappa shape index (κ2) is 6.12. The number of aryl methyl sites for hydroxylation is 2. The first-order valence-corrected chi connectivity index (χ1v) is 8.45. The van der Waals surface area contributed by atoms with E-state index in [2.05, 4.69) is 60.0 Å². The van der Waals surface area contributed by atoms with Gasteiger partial charge in [-0.3, -0.25) is 4.79 Å². The van der Waals surface area contributed by atoms with E-state index in [1.165, 1.54) is 21.4 Å². The number of hydrogen-bond donors (Lipinski definition) is 0. The van der Waals surface area contributed by atoms with Crippen LogP contribution in [0.5, 0.6) is 0 Å². The van der Waals surface area contributed by atoms with Gasteiger partial charge >= 0.3 is 0 Å². The molecule has 0 amide bonds. The summed E-state index contributed by atoms with van der Waals surface area (Å²) >= 11 is 1.44. The molecule has 0 aliphatic rings. The average molecular weight is 328 g/mol. The molecule has 0 saturated heterocycles. The molecule has 6 heteroatoms. The van der Waals surface area contributed by atoms with Crippen LogP contribution in [0.2, 0.25) is 0 Å². The largest absolute Gasteiger partial charge is 0.363 e. The van der Waals surface area contributed by atoms with E-state index in [9.17, 15) is 4.79 Å². The predicted molar refractivity (Wildman–Crippen MR) is 94.4 cm³/mol. The maximum absolute atomic E-state index is 12.2. The summed E-state index contributed by atoms with van der Waals surface area (Å²) in [5, 5.41) is 5.02. The van der Waals surface area contributed by atoms with E-state index in [4.69, 9.17) is 0 Å². The molecule has 2 aromatic heterocycles. The molecule has 0 aliphatic heterocycles. The van der Waals surface area contributed by atoms with E-state index in [-0.39, 0.29) is 5.56 Å². The molecule has 0 bridgehead atoms. The fourth-order valence-corrected chi connectivity index (χ4v) is 3.28. The molecular weight excluding hydrogens is 308 g/mol. The summed E-state index contributed by atoms with van der Waals surface area (Å²) in [6, 6.07) is 10.3. The molecule has 2 heterocycles. The summed E-state index contributed by atoms with van der Waals surface area (Å²) in [7, 11) is 0. The van der Waals surface area contributed by atoms with Crippen LogP contribution in [0.1, 0.15) is 30.1 Å². The SMILES string of the molecule is Cc1ccc(N(Cc2cc(=O)n3nc(C)sc3n2)C(C)C)cc1. The van der Waals surface area contributed by atoms with Crippen molar-refractivity contribution >= 4 is 22.0 Å². The van der Waals surface area contributed by atoms with Crippen molar-refractivity contribution in [2.75, 3.05) is 4.90 Å². The van der Waals surface area contributed by atoms with Crippen LogP contribution in [-0.4, -0.2) is 20.6 Å². The van der Waals surface area contributed by atoms with Gasteiger partial charge in [-0.15, -0.1) is 0 Å². The molecule has 0 saturated carbocycles. The van der Waals surface area contributed by atoms with Gasteiger partial charge in [0.2, 0.25) is 4.96 Å². The third kappa shape index (κ3) is 3.27. The summed E-state index contributed by atoms with van der Waals surface area (Å²) in [5.74, 6) is 0. The number of aromatic nitrogens is 3. The van der Waals surface area contributed by atoms with Crippen molar-refractivity contribution in [2.24, 2.45) is 0 Å². The Bertz CT molecular complexity index is 880.